The van der Waals surface area contributed by atoms with E-state index < -0.39 is 0 Å². The molecule has 0 radical (unpaired) electrons. The normalized spacial score (nSPS) is 13.4. The second-order valence-electron chi connectivity index (χ2n) is 20.6. The molecule has 0 saturated heterocycles. The van der Waals surface area contributed by atoms with Crippen molar-refractivity contribution in [2.75, 3.05) is 9.80 Å². The molecule has 322 valence electrons. The van der Waals surface area contributed by atoms with Gasteiger partial charge < -0.3 is 14.4 Å². The lowest BCUT2D eigenvalue weighted by molar-refractivity contribution is 0.866. The highest BCUT2D eigenvalue weighted by Crippen LogP contribution is 2.47. The van der Waals surface area contributed by atoms with E-state index in [2.05, 4.69) is 231 Å². The molecular weight excluding hydrogens is 773 g/mol. The summed E-state index contributed by atoms with van der Waals surface area (Å²) in [6, 6.07) is 52.8. The highest BCUT2D eigenvalue weighted by molar-refractivity contribution is 7.00. The topological polar surface area (TPSA) is 11.4 Å². The van der Waals surface area contributed by atoms with E-state index in [1.807, 2.05) is 0 Å². The average molecular weight is 838 g/mol. The van der Waals surface area contributed by atoms with Crippen LogP contribution in [0.1, 0.15) is 152 Å². The van der Waals surface area contributed by atoms with Gasteiger partial charge in [-0.3, -0.25) is 0 Å². The number of hydrogen-bond donors (Lipinski definition) is 0. The van der Waals surface area contributed by atoms with Gasteiger partial charge in [-0.1, -0.05) is 144 Å². The van der Waals surface area contributed by atoms with E-state index in [1.165, 1.54) is 111 Å². The quantitative estimate of drug-likeness (QED) is 0.134. The van der Waals surface area contributed by atoms with Crippen LogP contribution in [0.25, 0.3) is 27.5 Å². The van der Waals surface area contributed by atoms with Crippen LogP contribution >= 0.6 is 0 Å². The minimum absolute atomic E-state index is 0.0409. The number of hydrogen-bond acceptors (Lipinski definition) is 2. The zero-order valence-corrected chi connectivity index (χ0v) is 40.1. The van der Waals surface area contributed by atoms with E-state index in [-0.39, 0.29) is 6.71 Å². The van der Waals surface area contributed by atoms with Crippen molar-refractivity contribution in [3.05, 3.63) is 167 Å². The Balaban J connectivity index is 1.36. The third-order valence-corrected chi connectivity index (χ3v) is 14.5. The molecule has 0 amide bonds. The fourth-order valence-corrected chi connectivity index (χ4v) is 10.5. The van der Waals surface area contributed by atoms with Crippen molar-refractivity contribution >= 4 is 79.0 Å². The Hall–Kier alpha value is -6.00. The van der Waals surface area contributed by atoms with Gasteiger partial charge in [-0.2, -0.15) is 0 Å². The summed E-state index contributed by atoms with van der Waals surface area (Å²) >= 11 is 0. The molecule has 10 rings (SSSR count). The predicted octanol–water partition coefficient (Wildman–Crippen LogP) is 15.6. The fraction of sp³-hybridized carbons (Fsp3) is 0.300. The molecule has 3 heterocycles. The molecule has 4 heteroatoms. The largest absolute Gasteiger partial charge is 0.311 e. The summed E-state index contributed by atoms with van der Waals surface area (Å²) in [5, 5.41) is 2.63. The Morgan fingerprint density at radius 3 is 1.00 bits per heavy atom. The van der Waals surface area contributed by atoms with Gasteiger partial charge >= 0.3 is 0 Å². The van der Waals surface area contributed by atoms with E-state index in [0.717, 1.165) is 0 Å². The molecule has 0 aliphatic carbocycles. The maximum absolute atomic E-state index is 2.58. The van der Waals surface area contributed by atoms with Crippen molar-refractivity contribution in [3.63, 3.8) is 0 Å². The third kappa shape index (κ3) is 6.79. The smallest absolute Gasteiger partial charge is 0.252 e. The molecule has 1 aromatic heterocycles. The zero-order chi connectivity index (χ0) is 44.9. The van der Waals surface area contributed by atoms with Crippen molar-refractivity contribution < 1.29 is 0 Å². The average Bonchev–Trinajstić information content (AvgIpc) is 3.61. The van der Waals surface area contributed by atoms with Crippen molar-refractivity contribution in [2.24, 2.45) is 0 Å². The lowest BCUT2D eigenvalue weighted by atomic mass is 9.33. The number of aromatic nitrogens is 1. The van der Waals surface area contributed by atoms with E-state index in [1.54, 1.807) is 0 Å². The molecule has 0 N–H and O–H groups in total. The summed E-state index contributed by atoms with van der Waals surface area (Å²) in [5.74, 6) is 2.55. The van der Waals surface area contributed by atoms with Gasteiger partial charge in [0, 0.05) is 44.9 Å². The first kappa shape index (κ1) is 42.0. The van der Waals surface area contributed by atoms with Crippen LogP contribution in [0.5, 0.6) is 0 Å². The highest BCUT2D eigenvalue weighted by atomic mass is 15.2. The minimum atomic E-state index is 0.0409. The van der Waals surface area contributed by atoms with E-state index in [4.69, 9.17) is 0 Å². The Morgan fingerprint density at radius 1 is 0.312 bits per heavy atom. The molecule has 64 heavy (non-hydrogen) atoms. The molecule has 0 atom stereocenters. The first-order valence-corrected chi connectivity index (χ1v) is 24.0. The number of benzene rings is 7. The first-order valence-electron chi connectivity index (χ1n) is 24.0. The second-order valence-corrected chi connectivity index (χ2v) is 20.6. The van der Waals surface area contributed by atoms with Gasteiger partial charge in [0.1, 0.15) is 0 Å². The number of fused-ring (bicyclic) bond motifs is 7. The number of nitrogens with zero attached hydrogens (tertiary/aromatic N) is 3. The summed E-state index contributed by atoms with van der Waals surface area (Å²) in [6.45, 7) is 27.7. The lowest BCUT2D eigenvalue weighted by Crippen LogP contribution is -2.61. The van der Waals surface area contributed by atoms with Crippen LogP contribution in [0.4, 0.5) is 34.1 Å². The molecule has 3 nitrogen and oxygen atoms in total. The van der Waals surface area contributed by atoms with Gasteiger partial charge in [-0.25, -0.2) is 0 Å². The SMILES string of the molecule is CC(C)c1ccc(N2c3ccc(C(C)C)cc3B3c4cc(C(C)C)ccc4N(c4ccc(C(C)C)cc4)c4cc(-n5c6ccc(C(C)C)cc6c6cc(C(C)C)ccc65)cc2c43)cc1. The van der Waals surface area contributed by atoms with Crippen LogP contribution in [0.2, 0.25) is 0 Å². The van der Waals surface area contributed by atoms with Gasteiger partial charge in [0.05, 0.1) is 16.7 Å². The van der Waals surface area contributed by atoms with Crippen LogP contribution in [0, 0.1) is 0 Å². The van der Waals surface area contributed by atoms with Crippen LogP contribution < -0.4 is 26.2 Å². The highest BCUT2D eigenvalue weighted by Gasteiger charge is 2.44. The molecule has 2 aliphatic rings. The van der Waals surface area contributed by atoms with E-state index in [0.29, 0.717) is 35.5 Å². The number of anilines is 6. The van der Waals surface area contributed by atoms with Crippen molar-refractivity contribution in [1.29, 1.82) is 0 Å². The lowest BCUT2D eigenvalue weighted by Gasteiger charge is -2.45. The van der Waals surface area contributed by atoms with Gasteiger partial charge in [0.25, 0.3) is 6.71 Å². The van der Waals surface area contributed by atoms with Crippen molar-refractivity contribution in [1.82, 2.24) is 4.57 Å². The maximum Gasteiger partial charge on any atom is 0.252 e. The van der Waals surface area contributed by atoms with Gasteiger partial charge in [0.2, 0.25) is 0 Å². The van der Waals surface area contributed by atoms with Crippen LogP contribution in [0.3, 0.4) is 0 Å². The minimum Gasteiger partial charge on any atom is -0.311 e. The Kier molecular flexibility index (Phi) is 10.4. The van der Waals surface area contributed by atoms with Gasteiger partial charge in [-0.05, 0) is 158 Å². The summed E-state index contributed by atoms with van der Waals surface area (Å²) in [6.07, 6.45) is 0. The van der Waals surface area contributed by atoms with Crippen molar-refractivity contribution in [2.45, 2.75) is 119 Å². The van der Waals surface area contributed by atoms with Crippen LogP contribution in [0.15, 0.2) is 133 Å². The molecule has 0 fully saturated rings. The molecule has 0 bridgehead atoms. The summed E-state index contributed by atoms with van der Waals surface area (Å²) in [4.78, 5) is 5.17. The molecule has 2 aliphatic heterocycles. The fourth-order valence-electron chi connectivity index (χ4n) is 10.5. The summed E-state index contributed by atoms with van der Waals surface area (Å²) in [5.41, 5.74) is 23.3. The van der Waals surface area contributed by atoms with Crippen LogP contribution in [-0.2, 0) is 0 Å². The third-order valence-electron chi connectivity index (χ3n) is 14.5. The second kappa shape index (κ2) is 15.9. The zero-order valence-electron chi connectivity index (χ0n) is 40.1. The molecule has 0 saturated carbocycles. The van der Waals surface area contributed by atoms with E-state index in [9.17, 15) is 0 Å². The van der Waals surface area contributed by atoms with Gasteiger partial charge in [0.15, 0.2) is 0 Å². The molecule has 0 spiro atoms. The maximum atomic E-state index is 2.58. The van der Waals surface area contributed by atoms with Crippen molar-refractivity contribution in [3.8, 4) is 5.69 Å². The Bertz CT molecular complexity index is 2870. The van der Waals surface area contributed by atoms with Crippen LogP contribution in [-0.4, -0.2) is 11.3 Å². The Morgan fingerprint density at radius 2 is 0.641 bits per heavy atom. The molecule has 7 aromatic carbocycles. The number of rotatable bonds is 9. The predicted molar refractivity (Wildman–Crippen MR) is 279 cm³/mol. The summed E-state index contributed by atoms with van der Waals surface area (Å²) in [7, 11) is 0. The standard InChI is InChI=1S/C60H64BN3/c1-35(2)41-13-21-47(22-14-41)62-56-27-19-45(39(9)10)31-52(56)61-53-32-46(40(11)12)20-28-57(53)63(48-23-15-42(16-24-48)36(3)4)59-34-49(33-58(62)60(59)61)64-54-25-17-43(37(5)6)29-50(54)51-30-44(38(7)8)18-26-55(51)64/h13-40H,1-12H3. The Labute approximate surface area is 382 Å². The monoisotopic (exact) mass is 838 g/mol. The molecular formula is C60H64BN3. The molecule has 8 aromatic rings. The van der Waals surface area contributed by atoms with Gasteiger partial charge in [-0.15, -0.1) is 0 Å². The first-order chi connectivity index (χ1) is 30.7. The van der Waals surface area contributed by atoms with E-state index >= 15 is 0 Å². The summed E-state index contributed by atoms with van der Waals surface area (Å²) < 4.78 is 2.56. The molecule has 0 unspecified atom stereocenters.